The summed E-state index contributed by atoms with van der Waals surface area (Å²) in [7, 11) is 0. The average molecular weight is 344 g/mol. The predicted octanol–water partition coefficient (Wildman–Crippen LogP) is 3.37. The third-order valence-electron chi connectivity index (χ3n) is 2.98. The van der Waals surface area contributed by atoms with Gasteiger partial charge < -0.3 is 14.3 Å². The first-order chi connectivity index (χ1) is 10.4. The number of fused-ring (bicyclic) bond motifs is 2. The highest BCUT2D eigenvalue weighted by Gasteiger charge is 2.75. The number of furan rings is 2. The fourth-order valence-electron chi connectivity index (χ4n) is 1.89. The third-order valence-corrected chi connectivity index (χ3v) is 2.98. The maximum Gasteiger partial charge on any atom is 0.438 e. The highest BCUT2D eigenvalue weighted by atomic mass is 19.4. The van der Waals surface area contributed by atoms with Gasteiger partial charge >= 0.3 is 29.9 Å². The van der Waals surface area contributed by atoms with Gasteiger partial charge in [0.2, 0.25) is 0 Å². The maximum atomic E-state index is 12.9. The Labute approximate surface area is 122 Å². The first-order valence-electron chi connectivity index (χ1n) is 5.78. The number of aliphatic carboxylic acids is 1. The topological polar surface area (TPSA) is 76.7 Å². The van der Waals surface area contributed by atoms with E-state index in [0.717, 1.165) is 12.1 Å². The van der Waals surface area contributed by atoms with Gasteiger partial charge in [0.15, 0.2) is 0 Å². The van der Waals surface area contributed by atoms with Crippen molar-refractivity contribution in [2.75, 3.05) is 0 Å². The molecule has 0 spiro atoms. The predicted molar refractivity (Wildman–Crippen MR) is 59.9 cm³/mol. The lowest BCUT2D eigenvalue weighted by Gasteiger charge is -2.35. The summed E-state index contributed by atoms with van der Waals surface area (Å²) in [5.41, 5.74) is -6.07. The number of carbonyl (C=O) groups excluding carboxylic acids is 1. The minimum atomic E-state index is -6.19. The van der Waals surface area contributed by atoms with Crippen LogP contribution in [0, 0.1) is 0 Å². The molecule has 0 aliphatic rings. The number of alkyl halides is 6. The van der Waals surface area contributed by atoms with Gasteiger partial charge in [-0.15, -0.1) is 0 Å². The van der Waals surface area contributed by atoms with E-state index in [-0.39, 0.29) is 11.2 Å². The second kappa shape index (κ2) is 5.03. The van der Waals surface area contributed by atoms with Crippen LogP contribution in [0.15, 0.2) is 22.6 Å². The molecule has 0 amide bonds. The summed E-state index contributed by atoms with van der Waals surface area (Å²) >= 11 is 0. The Morgan fingerprint density at radius 3 is 2.00 bits per heavy atom. The molecule has 0 fully saturated rings. The molecule has 0 radical (unpaired) electrons. The first-order valence-corrected chi connectivity index (χ1v) is 5.78. The number of ether oxygens (including phenoxy) is 1. The molecular formula is C12H6F6O5. The van der Waals surface area contributed by atoms with E-state index in [0.29, 0.717) is 0 Å². The van der Waals surface area contributed by atoms with Gasteiger partial charge in [-0.25, -0.2) is 4.79 Å². The summed E-state index contributed by atoms with van der Waals surface area (Å²) in [6.45, 7) is 0. The molecule has 5 nitrogen and oxygen atoms in total. The van der Waals surface area contributed by atoms with E-state index in [9.17, 15) is 35.9 Å². The van der Waals surface area contributed by atoms with E-state index >= 15 is 0 Å². The Morgan fingerprint density at radius 1 is 1.09 bits per heavy atom. The SMILES string of the molecule is O=C(O)CC(OC(=O)c1cc2ccc1o2)(C(F)(F)F)C(F)(F)F. The second-order valence-corrected chi connectivity index (χ2v) is 4.54. The highest BCUT2D eigenvalue weighted by Crippen LogP contribution is 2.48. The van der Waals surface area contributed by atoms with Gasteiger partial charge in [-0.3, -0.25) is 4.79 Å². The van der Waals surface area contributed by atoms with Crippen LogP contribution in [0.1, 0.15) is 16.8 Å². The fraction of sp³-hybridized carbons (Fsp3) is 0.333. The summed E-state index contributed by atoms with van der Waals surface area (Å²) in [6.07, 6.45) is -14.9. The van der Waals surface area contributed by atoms with Gasteiger partial charge in [0, 0.05) is 0 Å². The number of rotatable bonds is 4. The Hall–Kier alpha value is -2.46. The Kier molecular flexibility index (Phi) is 3.70. The van der Waals surface area contributed by atoms with Crippen LogP contribution in [-0.2, 0) is 9.53 Å². The molecular weight excluding hydrogens is 338 g/mol. The largest absolute Gasteiger partial charge is 0.481 e. The van der Waals surface area contributed by atoms with Crippen molar-refractivity contribution in [2.24, 2.45) is 0 Å². The third kappa shape index (κ3) is 2.78. The smallest absolute Gasteiger partial charge is 0.438 e. The van der Waals surface area contributed by atoms with Crippen LogP contribution in [0.4, 0.5) is 26.3 Å². The first kappa shape index (κ1) is 16.9. The summed E-state index contributed by atoms with van der Waals surface area (Å²) in [6, 6.07) is 3.35. The van der Waals surface area contributed by atoms with Crippen LogP contribution in [0.25, 0.3) is 11.2 Å². The Balaban J connectivity index is 2.46. The second-order valence-electron chi connectivity index (χ2n) is 4.54. The number of carboxylic acid groups (broad SMARTS) is 1. The number of esters is 1. The van der Waals surface area contributed by atoms with E-state index < -0.39 is 41.9 Å². The van der Waals surface area contributed by atoms with Crippen molar-refractivity contribution in [1.82, 2.24) is 0 Å². The Morgan fingerprint density at radius 2 is 1.65 bits per heavy atom. The van der Waals surface area contributed by atoms with Gasteiger partial charge in [0.25, 0.3) is 0 Å². The van der Waals surface area contributed by atoms with Crippen LogP contribution >= 0.6 is 0 Å². The molecule has 2 heterocycles. The molecule has 0 saturated heterocycles. The summed E-state index contributed by atoms with van der Waals surface area (Å²) in [5.74, 6) is -4.43. The molecule has 2 aromatic heterocycles. The van der Waals surface area contributed by atoms with E-state index in [4.69, 9.17) is 9.52 Å². The van der Waals surface area contributed by atoms with Crippen molar-refractivity contribution in [3.05, 3.63) is 23.8 Å². The zero-order chi connectivity index (χ0) is 17.6. The number of halogens is 6. The maximum absolute atomic E-state index is 12.9. The zero-order valence-corrected chi connectivity index (χ0v) is 10.8. The van der Waals surface area contributed by atoms with E-state index in [1.807, 2.05) is 0 Å². The molecule has 11 heteroatoms. The van der Waals surface area contributed by atoms with Gasteiger partial charge in [-0.05, 0) is 18.2 Å². The van der Waals surface area contributed by atoms with Crippen LogP contribution < -0.4 is 0 Å². The van der Waals surface area contributed by atoms with E-state index in [2.05, 4.69) is 4.74 Å². The molecule has 2 aromatic rings. The normalized spacial score (nSPS) is 13.5. The molecule has 23 heavy (non-hydrogen) atoms. The minimum Gasteiger partial charge on any atom is -0.481 e. The average Bonchev–Trinajstić information content (AvgIpc) is 2.96. The lowest BCUT2D eigenvalue weighted by atomic mass is 9.97. The Bertz CT molecular complexity index is 714. The van der Waals surface area contributed by atoms with Crippen LogP contribution in [0.2, 0.25) is 0 Å². The molecule has 0 aromatic carbocycles. The molecule has 0 saturated carbocycles. The van der Waals surface area contributed by atoms with Crippen LogP contribution in [0.5, 0.6) is 0 Å². The monoisotopic (exact) mass is 344 g/mol. The molecule has 1 N–H and O–H groups in total. The van der Waals surface area contributed by atoms with Crippen molar-refractivity contribution < 1.29 is 50.2 Å². The fourth-order valence-corrected chi connectivity index (χ4v) is 1.89. The number of hydrogen-bond donors (Lipinski definition) is 1. The number of hydrogen-bond acceptors (Lipinski definition) is 4. The van der Waals surface area contributed by atoms with Gasteiger partial charge in [0.1, 0.15) is 23.2 Å². The van der Waals surface area contributed by atoms with Crippen LogP contribution in [0.3, 0.4) is 0 Å². The molecule has 126 valence electrons. The quantitative estimate of drug-likeness (QED) is 0.680. The minimum absolute atomic E-state index is 0.0369. The molecule has 2 rings (SSSR count). The van der Waals surface area contributed by atoms with E-state index in [1.54, 1.807) is 0 Å². The molecule has 0 unspecified atom stereocenters. The summed E-state index contributed by atoms with van der Waals surface area (Å²) in [5, 5.41) is 8.41. The molecule has 0 atom stereocenters. The highest BCUT2D eigenvalue weighted by molar-refractivity contribution is 5.99. The van der Waals surface area contributed by atoms with Crippen molar-refractivity contribution >= 4 is 23.1 Å². The number of carbonyl (C=O) groups is 2. The van der Waals surface area contributed by atoms with Gasteiger partial charge in [-0.2, -0.15) is 26.3 Å². The van der Waals surface area contributed by atoms with Gasteiger partial charge in [0.05, 0.1) is 0 Å². The van der Waals surface area contributed by atoms with Crippen molar-refractivity contribution in [3.8, 4) is 0 Å². The van der Waals surface area contributed by atoms with Crippen molar-refractivity contribution in [1.29, 1.82) is 0 Å². The lowest BCUT2D eigenvalue weighted by molar-refractivity contribution is -0.365. The standard InChI is InChI=1S/C12H6F6O5/c13-11(14,15)10(4-8(19)20,12(16,17)18)23-9(21)6-3-5-1-2-7(6)22-5/h1-3H,4H2,(H,19,20). The van der Waals surface area contributed by atoms with Crippen LogP contribution in [-0.4, -0.2) is 35.0 Å². The lowest BCUT2D eigenvalue weighted by Crippen LogP contribution is -2.60. The molecule has 2 bridgehead atoms. The molecule has 0 aliphatic heterocycles. The van der Waals surface area contributed by atoms with Crippen molar-refractivity contribution in [3.63, 3.8) is 0 Å². The number of benzene rings is 1. The number of carboxylic acids is 1. The van der Waals surface area contributed by atoms with Gasteiger partial charge in [-0.1, -0.05) is 0 Å². The summed E-state index contributed by atoms with van der Waals surface area (Å²) in [4.78, 5) is 22.2. The molecule has 0 aliphatic carbocycles. The summed E-state index contributed by atoms with van der Waals surface area (Å²) < 4.78 is 86.0. The van der Waals surface area contributed by atoms with Crippen molar-refractivity contribution in [2.45, 2.75) is 24.4 Å². The van der Waals surface area contributed by atoms with E-state index in [1.165, 1.54) is 6.07 Å². The zero-order valence-electron chi connectivity index (χ0n) is 10.8.